The summed E-state index contributed by atoms with van der Waals surface area (Å²) in [6, 6.07) is 11.5. The van der Waals surface area contributed by atoms with E-state index in [2.05, 4.69) is 4.90 Å². The van der Waals surface area contributed by atoms with Crippen molar-refractivity contribution in [3.8, 4) is 5.75 Å². The Kier molecular flexibility index (Phi) is 5.40. The summed E-state index contributed by atoms with van der Waals surface area (Å²) in [7, 11) is 1.63. The molecule has 0 unspecified atom stereocenters. The smallest absolute Gasteiger partial charge is 0.304 e. The summed E-state index contributed by atoms with van der Waals surface area (Å²) < 4.78 is 10.5. The fourth-order valence-corrected chi connectivity index (χ4v) is 2.08. The van der Waals surface area contributed by atoms with Gasteiger partial charge in [0, 0.05) is 13.1 Å². The average Bonchev–Trinajstić information content (AvgIpc) is 2.98. The van der Waals surface area contributed by atoms with Gasteiger partial charge in [-0.15, -0.1) is 0 Å². The SMILES string of the molecule is COc1ccc(CN(CCC(=O)O)Cc2ccco2)cc1. The molecule has 0 aliphatic heterocycles. The first-order chi connectivity index (χ1) is 10.2. The zero-order valence-corrected chi connectivity index (χ0v) is 12.0. The van der Waals surface area contributed by atoms with Gasteiger partial charge in [0.15, 0.2) is 0 Å². The van der Waals surface area contributed by atoms with E-state index in [1.165, 1.54) is 0 Å². The number of methoxy groups -OCH3 is 1. The molecule has 5 heteroatoms. The van der Waals surface area contributed by atoms with Crippen LogP contribution in [0.4, 0.5) is 0 Å². The lowest BCUT2D eigenvalue weighted by Crippen LogP contribution is -2.25. The standard InChI is InChI=1S/C16H19NO4/c1-20-14-6-4-13(5-7-14)11-17(9-8-16(18)19)12-15-3-2-10-21-15/h2-7,10H,8-9,11-12H2,1H3,(H,18,19). The van der Waals surface area contributed by atoms with Crippen LogP contribution >= 0.6 is 0 Å². The van der Waals surface area contributed by atoms with E-state index >= 15 is 0 Å². The number of carboxylic acids is 1. The predicted molar refractivity (Wildman–Crippen MR) is 78.1 cm³/mol. The molecule has 0 spiro atoms. The molecule has 2 rings (SSSR count). The minimum atomic E-state index is -0.797. The predicted octanol–water partition coefficient (Wildman–Crippen LogP) is 2.77. The van der Waals surface area contributed by atoms with Crippen molar-refractivity contribution in [3.63, 3.8) is 0 Å². The summed E-state index contributed by atoms with van der Waals surface area (Å²) in [6.07, 6.45) is 1.73. The molecule has 0 atom stereocenters. The summed E-state index contributed by atoms with van der Waals surface area (Å²) in [5.74, 6) is 0.838. The van der Waals surface area contributed by atoms with Crippen molar-refractivity contribution in [2.45, 2.75) is 19.5 Å². The Morgan fingerprint density at radius 2 is 2.00 bits per heavy atom. The van der Waals surface area contributed by atoms with Crippen molar-refractivity contribution in [2.75, 3.05) is 13.7 Å². The van der Waals surface area contributed by atoms with E-state index < -0.39 is 5.97 Å². The molecule has 112 valence electrons. The van der Waals surface area contributed by atoms with Crippen LogP contribution < -0.4 is 4.74 Å². The maximum Gasteiger partial charge on any atom is 0.304 e. The molecule has 1 aromatic carbocycles. The summed E-state index contributed by atoms with van der Waals surface area (Å²) in [5.41, 5.74) is 1.10. The number of hydrogen-bond acceptors (Lipinski definition) is 4. The Hall–Kier alpha value is -2.27. The monoisotopic (exact) mass is 289 g/mol. The van der Waals surface area contributed by atoms with Crippen molar-refractivity contribution in [1.82, 2.24) is 4.90 Å². The quantitative estimate of drug-likeness (QED) is 0.809. The van der Waals surface area contributed by atoms with Crippen molar-refractivity contribution < 1.29 is 19.1 Å². The van der Waals surface area contributed by atoms with E-state index in [1.54, 1.807) is 13.4 Å². The number of benzene rings is 1. The highest BCUT2D eigenvalue weighted by atomic mass is 16.5. The van der Waals surface area contributed by atoms with E-state index in [0.29, 0.717) is 19.6 Å². The number of aliphatic carboxylic acids is 1. The van der Waals surface area contributed by atoms with Gasteiger partial charge >= 0.3 is 5.97 Å². The zero-order chi connectivity index (χ0) is 15.1. The number of rotatable bonds is 8. The highest BCUT2D eigenvalue weighted by Gasteiger charge is 2.11. The molecule has 2 aromatic rings. The zero-order valence-electron chi connectivity index (χ0n) is 12.0. The number of carboxylic acid groups (broad SMARTS) is 1. The lowest BCUT2D eigenvalue weighted by molar-refractivity contribution is -0.137. The molecule has 0 aliphatic carbocycles. The van der Waals surface area contributed by atoms with Gasteiger partial charge in [-0.3, -0.25) is 9.69 Å². The third-order valence-electron chi connectivity index (χ3n) is 3.17. The first kappa shape index (κ1) is 15.1. The maximum absolute atomic E-state index is 10.8. The Morgan fingerprint density at radius 1 is 1.24 bits per heavy atom. The van der Waals surface area contributed by atoms with Gasteiger partial charge in [0.25, 0.3) is 0 Å². The highest BCUT2D eigenvalue weighted by Crippen LogP contribution is 2.15. The van der Waals surface area contributed by atoms with Crippen LogP contribution in [0.15, 0.2) is 47.1 Å². The molecular formula is C16H19NO4. The number of nitrogens with zero attached hydrogens (tertiary/aromatic N) is 1. The van der Waals surface area contributed by atoms with Crippen LogP contribution in [0.3, 0.4) is 0 Å². The number of hydrogen-bond donors (Lipinski definition) is 1. The molecule has 0 amide bonds. The molecule has 0 saturated heterocycles. The second kappa shape index (κ2) is 7.50. The van der Waals surface area contributed by atoms with Crippen molar-refractivity contribution in [1.29, 1.82) is 0 Å². The molecule has 0 aliphatic rings. The van der Waals surface area contributed by atoms with E-state index in [0.717, 1.165) is 17.1 Å². The molecule has 0 fully saturated rings. The van der Waals surface area contributed by atoms with Crippen molar-refractivity contribution >= 4 is 5.97 Å². The fraction of sp³-hybridized carbons (Fsp3) is 0.312. The molecule has 0 bridgehead atoms. The minimum Gasteiger partial charge on any atom is -0.497 e. The normalized spacial score (nSPS) is 10.8. The van der Waals surface area contributed by atoms with E-state index in [-0.39, 0.29) is 6.42 Å². The molecule has 1 N–H and O–H groups in total. The number of furan rings is 1. The fourth-order valence-electron chi connectivity index (χ4n) is 2.08. The Morgan fingerprint density at radius 3 is 2.57 bits per heavy atom. The van der Waals surface area contributed by atoms with E-state index in [1.807, 2.05) is 36.4 Å². The van der Waals surface area contributed by atoms with E-state index in [4.69, 9.17) is 14.3 Å². The van der Waals surface area contributed by atoms with Crippen LogP contribution in [0.5, 0.6) is 5.75 Å². The summed E-state index contributed by atoms with van der Waals surface area (Å²) in [6.45, 7) is 1.73. The third-order valence-corrected chi connectivity index (χ3v) is 3.17. The van der Waals surface area contributed by atoms with Gasteiger partial charge in [-0.2, -0.15) is 0 Å². The van der Waals surface area contributed by atoms with Gasteiger partial charge < -0.3 is 14.3 Å². The molecule has 0 radical (unpaired) electrons. The van der Waals surface area contributed by atoms with Crippen LogP contribution in [-0.4, -0.2) is 29.6 Å². The number of ether oxygens (including phenoxy) is 1. The molecule has 1 aromatic heterocycles. The van der Waals surface area contributed by atoms with Gasteiger partial charge in [0.1, 0.15) is 11.5 Å². The Balaban J connectivity index is 2.00. The van der Waals surface area contributed by atoms with Crippen molar-refractivity contribution in [3.05, 3.63) is 54.0 Å². The van der Waals surface area contributed by atoms with Crippen LogP contribution in [-0.2, 0) is 17.9 Å². The van der Waals surface area contributed by atoms with Crippen LogP contribution in [0.2, 0.25) is 0 Å². The van der Waals surface area contributed by atoms with Gasteiger partial charge in [-0.25, -0.2) is 0 Å². The topological polar surface area (TPSA) is 62.9 Å². The van der Waals surface area contributed by atoms with Gasteiger partial charge in [-0.1, -0.05) is 12.1 Å². The Bertz CT molecular complexity index is 548. The Labute approximate surface area is 123 Å². The molecule has 0 saturated carbocycles. The van der Waals surface area contributed by atoms with Gasteiger partial charge in [0.2, 0.25) is 0 Å². The lowest BCUT2D eigenvalue weighted by atomic mass is 10.2. The summed E-state index contributed by atoms with van der Waals surface area (Å²) >= 11 is 0. The molecule has 21 heavy (non-hydrogen) atoms. The average molecular weight is 289 g/mol. The number of carbonyl (C=O) groups is 1. The summed E-state index contributed by atoms with van der Waals surface area (Å²) in [4.78, 5) is 12.8. The lowest BCUT2D eigenvalue weighted by Gasteiger charge is -2.20. The second-order valence-corrected chi connectivity index (χ2v) is 4.78. The van der Waals surface area contributed by atoms with E-state index in [9.17, 15) is 4.79 Å². The second-order valence-electron chi connectivity index (χ2n) is 4.78. The van der Waals surface area contributed by atoms with Crippen LogP contribution in [0, 0.1) is 0 Å². The van der Waals surface area contributed by atoms with Crippen LogP contribution in [0.1, 0.15) is 17.7 Å². The van der Waals surface area contributed by atoms with Crippen LogP contribution in [0.25, 0.3) is 0 Å². The molecule has 1 heterocycles. The van der Waals surface area contributed by atoms with Crippen molar-refractivity contribution in [2.24, 2.45) is 0 Å². The third kappa shape index (κ3) is 4.96. The molecular weight excluding hydrogens is 270 g/mol. The first-order valence-corrected chi connectivity index (χ1v) is 6.77. The highest BCUT2D eigenvalue weighted by molar-refractivity contribution is 5.66. The maximum atomic E-state index is 10.8. The minimum absolute atomic E-state index is 0.108. The van der Waals surface area contributed by atoms with Gasteiger partial charge in [-0.05, 0) is 29.8 Å². The first-order valence-electron chi connectivity index (χ1n) is 6.77. The largest absolute Gasteiger partial charge is 0.497 e. The van der Waals surface area contributed by atoms with Gasteiger partial charge in [0.05, 0.1) is 26.3 Å². The summed E-state index contributed by atoms with van der Waals surface area (Å²) in [5, 5.41) is 8.86. The molecule has 5 nitrogen and oxygen atoms in total.